The molecule has 0 saturated carbocycles. The molecule has 1 amide bonds. The van der Waals surface area contributed by atoms with Crippen LogP contribution in [0.15, 0.2) is 66.9 Å². The van der Waals surface area contributed by atoms with Gasteiger partial charge in [0.1, 0.15) is 22.9 Å². The molecule has 0 aliphatic carbocycles. The number of rotatable bonds is 7. The van der Waals surface area contributed by atoms with Gasteiger partial charge in [0.25, 0.3) is 0 Å². The zero-order chi connectivity index (χ0) is 22.0. The van der Waals surface area contributed by atoms with Crippen LogP contribution in [-0.4, -0.2) is 25.5 Å². The van der Waals surface area contributed by atoms with E-state index < -0.39 is 11.8 Å². The lowest BCUT2D eigenvalue weighted by Crippen LogP contribution is -2.30. The molecule has 4 rings (SSSR count). The standard InChI is InChI=1S/C24H23FN4O2/c1-15(17-6-8-18(25)9-7-17)20(23(26)31)13-22-28-21-3-2-12-27-24(21)29(22)14-16-4-10-19(30)11-5-16/h2-12,15,20,30H,13-14H2,1H3,(H2,26,31)/t15-,20?/m1/s1. The number of carbonyl (C=O) groups excluding carboxylic acids is 1. The molecule has 0 aliphatic rings. The maximum Gasteiger partial charge on any atom is 0.221 e. The molecule has 0 aliphatic heterocycles. The van der Waals surface area contributed by atoms with Gasteiger partial charge in [0.05, 0.1) is 12.5 Å². The summed E-state index contributed by atoms with van der Waals surface area (Å²) in [5.74, 6) is -0.616. The van der Waals surface area contributed by atoms with Crippen molar-refractivity contribution in [3.63, 3.8) is 0 Å². The van der Waals surface area contributed by atoms with E-state index in [4.69, 9.17) is 10.7 Å². The summed E-state index contributed by atoms with van der Waals surface area (Å²) < 4.78 is 15.3. The Balaban J connectivity index is 1.70. The van der Waals surface area contributed by atoms with E-state index in [-0.39, 0.29) is 17.5 Å². The number of nitrogens with two attached hydrogens (primary N) is 1. The second kappa shape index (κ2) is 8.55. The predicted molar refractivity (Wildman–Crippen MR) is 116 cm³/mol. The first-order valence-electron chi connectivity index (χ1n) is 10.0. The lowest BCUT2D eigenvalue weighted by molar-refractivity contribution is -0.122. The van der Waals surface area contributed by atoms with Crippen LogP contribution >= 0.6 is 0 Å². The number of phenolic OH excluding ortho intramolecular Hbond substituents is 1. The molecule has 2 aromatic heterocycles. The number of benzene rings is 2. The largest absolute Gasteiger partial charge is 0.508 e. The fourth-order valence-electron chi connectivity index (χ4n) is 3.83. The molecular formula is C24H23FN4O2. The van der Waals surface area contributed by atoms with Crippen LogP contribution in [0.3, 0.4) is 0 Å². The van der Waals surface area contributed by atoms with Crippen molar-refractivity contribution in [2.45, 2.75) is 25.8 Å². The van der Waals surface area contributed by atoms with Crippen LogP contribution in [0.2, 0.25) is 0 Å². The number of aromatic hydroxyl groups is 1. The molecule has 158 valence electrons. The Kier molecular flexibility index (Phi) is 5.66. The van der Waals surface area contributed by atoms with E-state index in [1.54, 1.807) is 30.5 Å². The van der Waals surface area contributed by atoms with E-state index in [9.17, 15) is 14.3 Å². The molecule has 1 unspecified atom stereocenters. The van der Waals surface area contributed by atoms with Crippen LogP contribution in [0.1, 0.15) is 29.8 Å². The third-order valence-corrected chi connectivity index (χ3v) is 5.63. The van der Waals surface area contributed by atoms with Gasteiger partial charge in [0, 0.05) is 12.6 Å². The van der Waals surface area contributed by atoms with E-state index in [0.29, 0.717) is 24.4 Å². The van der Waals surface area contributed by atoms with Crippen molar-refractivity contribution in [3.05, 3.63) is 89.6 Å². The molecule has 6 nitrogen and oxygen atoms in total. The van der Waals surface area contributed by atoms with Gasteiger partial charge >= 0.3 is 0 Å². The molecule has 7 heteroatoms. The number of pyridine rings is 1. The van der Waals surface area contributed by atoms with Crippen molar-refractivity contribution < 1.29 is 14.3 Å². The number of amides is 1. The van der Waals surface area contributed by atoms with Crippen LogP contribution in [0.4, 0.5) is 4.39 Å². The van der Waals surface area contributed by atoms with Gasteiger partial charge in [-0.05, 0) is 53.4 Å². The van der Waals surface area contributed by atoms with Gasteiger partial charge in [-0.15, -0.1) is 0 Å². The minimum atomic E-state index is -0.527. The molecule has 2 heterocycles. The third kappa shape index (κ3) is 4.40. The minimum absolute atomic E-state index is 0.194. The molecule has 3 N–H and O–H groups in total. The Morgan fingerprint density at radius 2 is 1.84 bits per heavy atom. The lowest BCUT2D eigenvalue weighted by Gasteiger charge is -2.22. The summed E-state index contributed by atoms with van der Waals surface area (Å²) in [6, 6.07) is 16.7. The van der Waals surface area contributed by atoms with Crippen molar-refractivity contribution >= 4 is 17.1 Å². The summed E-state index contributed by atoms with van der Waals surface area (Å²) in [4.78, 5) is 21.6. The third-order valence-electron chi connectivity index (χ3n) is 5.63. The van der Waals surface area contributed by atoms with E-state index in [1.165, 1.54) is 12.1 Å². The normalized spacial score (nSPS) is 13.2. The second-order valence-electron chi connectivity index (χ2n) is 7.68. The first-order valence-corrected chi connectivity index (χ1v) is 10.0. The van der Waals surface area contributed by atoms with Crippen molar-refractivity contribution in [2.24, 2.45) is 11.7 Å². The highest BCUT2D eigenvalue weighted by atomic mass is 19.1. The number of carbonyl (C=O) groups is 1. The molecular weight excluding hydrogens is 395 g/mol. The Hall–Kier alpha value is -3.74. The number of halogens is 1. The molecule has 2 atom stereocenters. The molecule has 31 heavy (non-hydrogen) atoms. The Bertz CT molecular complexity index is 1200. The van der Waals surface area contributed by atoms with Gasteiger partial charge < -0.3 is 15.4 Å². The summed E-state index contributed by atoms with van der Waals surface area (Å²) in [5, 5.41) is 9.57. The lowest BCUT2D eigenvalue weighted by atomic mass is 9.84. The Morgan fingerprint density at radius 3 is 2.52 bits per heavy atom. The second-order valence-corrected chi connectivity index (χ2v) is 7.68. The first kappa shape index (κ1) is 20.5. The summed E-state index contributed by atoms with van der Waals surface area (Å²) in [7, 11) is 0. The highest BCUT2D eigenvalue weighted by Crippen LogP contribution is 2.29. The van der Waals surface area contributed by atoms with Crippen molar-refractivity contribution in [1.82, 2.24) is 14.5 Å². The number of nitrogens with zero attached hydrogens (tertiary/aromatic N) is 3. The zero-order valence-corrected chi connectivity index (χ0v) is 17.1. The predicted octanol–water partition coefficient (Wildman–Crippen LogP) is 3.77. The van der Waals surface area contributed by atoms with Gasteiger partial charge in [-0.25, -0.2) is 14.4 Å². The van der Waals surface area contributed by atoms with E-state index in [2.05, 4.69) is 4.98 Å². The van der Waals surface area contributed by atoms with E-state index in [1.807, 2.05) is 35.8 Å². The average molecular weight is 418 g/mol. The summed E-state index contributed by atoms with van der Waals surface area (Å²) in [6.07, 6.45) is 2.02. The van der Waals surface area contributed by atoms with Crippen molar-refractivity contribution in [2.75, 3.05) is 0 Å². The van der Waals surface area contributed by atoms with E-state index >= 15 is 0 Å². The van der Waals surface area contributed by atoms with Gasteiger partial charge in [-0.3, -0.25) is 4.79 Å². The first-order chi connectivity index (χ1) is 14.9. The Morgan fingerprint density at radius 1 is 1.13 bits per heavy atom. The number of primary amides is 1. The number of phenols is 1. The molecule has 0 radical (unpaired) electrons. The van der Waals surface area contributed by atoms with Gasteiger partial charge in [0.2, 0.25) is 5.91 Å². The molecule has 0 saturated heterocycles. The topological polar surface area (TPSA) is 94.0 Å². The van der Waals surface area contributed by atoms with Gasteiger partial charge in [0.15, 0.2) is 5.65 Å². The number of hydrogen-bond acceptors (Lipinski definition) is 4. The van der Waals surface area contributed by atoms with Crippen LogP contribution in [-0.2, 0) is 17.8 Å². The molecule has 0 fully saturated rings. The molecule has 2 aromatic carbocycles. The molecule has 0 bridgehead atoms. The number of imidazole rings is 1. The van der Waals surface area contributed by atoms with Crippen molar-refractivity contribution in [1.29, 1.82) is 0 Å². The fourth-order valence-corrected chi connectivity index (χ4v) is 3.83. The Labute approximate surface area is 179 Å². The number of aromatic nitrogens is 3. The fraction of sp³-hybridized carbons (Fsp3) is 0.208. The van der Waals surface area contributed by atoms with E-state index in [0.717, 1.165) is 16.6 Å². The maximum absolute atomic E-state index is 13.3. The van der Waals surface area contributed by atoms with Gasteiger partial charge in [-0.1, -0.05) is 31.2 Å². The van der Waals surface area contributed by atoms with Crippen LogP contribution in [0.5, 0.6) is 5.75 Å². The average Bonchev–Trinajstić information content (AvgIpc) is 3.10. The van der Waals surface area contributed by atoms with Crippen LogP contribution < -0.4 is 5.73 Å². The SMILES string of the molecule is C[C@H](c1ccc(F)cc1)C(Cc1nc2cccnc2n1Cc1ccc(O)cc1)C(N)=O. The smallest absolute Gasteiger partial charge is 0.221 e. The maximum atomic E-state index is 13.3. The van der Waals surface area contributed by atoms with Crippen molar-refractivity contribution in [3.8, 4) is 5.75 Å². The number of hydrogen-bond donors (Lipinski definition) is 2. The zero-order valence-electron chi connectivity index (χ0n) is 17.1. The minimum Gasteiger partial charge on any atom is -0.508 e. The highest BCUT2D eigenvalue weighted by molar-refractivity contribution is 5.78. The summed E-state index contributed by atoms with van der Waals surface area (Å²) in [5.41, 5.74) is 9.02. The van der Waals surface area contributed by atoms with Crippen LogP contribution in [0, 0.1) is 11.7 Å². The van der Waals surface area contributed by atoms with Gasteiger partial charge in [-0.2, -0.15) is 0 Å². The number of fused-ring (bicyclic) bond motifs is 1. The summed E-state index contributed by atoms with van der Waals surface area (Å²) in [6.45, 7) is 2.40. The van der Waals surface area contributed by atoms with Crippen LogP contribution in [0.25, 0.3) is 11.2 Å². The monoisotopic (exact) mass is 418 g/mol. The highest BCUT2D eigenvalue weighted by Gasteiger charge is 2.27. The molecule has 4 aromatic rings. The molecule has 0 spiro atoms. The quantitative estimate of drug-likeness (QED) is 0.478. The summed E-state index contributed by atoms with van der Waals surface area (Å²) >= 11 is 0.